The number of aryl methyl sites for hydroxylation is 1. The van der Waals surface area contributed by atoms with Crippen LogP contribution in [0.1, 0.15) is 23.8 Å². The maximum Gasteiger partial charge on any atom is 0.232 e. The molecular formula is C19H16ClN3O2. The minimum atomic E-state index is -0.113. The molecule has 0 radical (unpaired) electrons. The van der Waals surface area contributed by atoms with Crippen molar-refractivity contribution in [1.29, 1.82) is 0 Å². The predicted octanol–water partition coefficient (Wildman–Crippen LogP) is 4.22. The molecule has 4 rings (SSSR count). The lowest BCUT2D eigenvalue weighted by Gasteiger charge is -2.16. The topological polar surface area (TPSA) is 59.2 Å². The van der Waals surface area contributed by atoms with Crippen LogP contribution in [0.2, 0.25) is 5.02 Å². The summed E-state index contributed by atoms with van der Waals surface area (Å²) >= 11 is 6.03. The Morgan fingerprint density at radius 1 is 1.20 bits per heavy atom. The average Bonchev–Trinajstić information content (AvgIpc) is 3.21. The van der Waals surface area contributed by atoms with E-state index < -0.39 is 0 Å². The summed E-state index contributed by atoms with van der Waals surface area (Å²) < 4.78 is 5.43. The van der Waals surface area contributed by atoms with Gasteiger partial charge in [-0.1, -0.05) is 46.6 Å². The lowest BCUT2D eigenvalue weighted by Crippen LogP contribution is -2.24. The molecule has 3 aromatic rings. The van der Waals surface area contributed by atoms with Crippen LogP contribution < -0.4 is 4.90 Å². The fraction of sp³-hybridized carbons (Fsp3) is 0.211. The Balaban J connectivity index is 1.57. The molecular weight excluding hydrogens is 338 g/mol. The van der Waals surface area contributed by atoms with E-state index in [1.165, 1.54) is 0 Å². The van der Waals surface area contributed by atoms with Crippen molar-refractivity contribution in [2.75, 3.05) is 11.4 Å². The Bertz CT molecular complexity index is 938. The highest BCUT2D eigenvalue weighted by atomic mass is 35.5. The van der Waals surface area contributed by atoms with E-state index in [0.717, 1.165) is 16.8 Å². The molecule has 1 amide bonds. The number of carbonyl (C=O) groups is 1. The molecule has 25 heavy (non-hydrogen) atoms. The number of rotatable bonds is 3. The van der Waals surface area contributed by atoms with Gasteiger partial charge in [0.2, 0.25) is 17.6 Å². The maximum absolute atomic E-state index is 12.4. The summed E-state index contributed by atoms with van der Waals surface area (Å²) in [5, 5.41) is 4.68. The molecule has 1 aliphatic rings. The number of amides is 1. The van der Waals surface area contributed by atoms with E-state index in [4.69, 9.17) is 16.1 Å². The van der Waals surface area contributed by atoms with E-state index in [1.54, 1.807) is 17.0 Å². The van der Waals surface area contributed by atoms with Gasteiger partial charge in [-0.25, -0.2) is 0 Å². The van der Waals surface area contributed by atoms with Gasteiger partial charge in [0, 0.05) is 29.2 Å². The van der Waals surface area contributed by atoms with Crippen LogP contribution in [-0.2, 0) is 4.79 Å². The predicted molar refractivity (Wildman–Crippen MR) is 95.6 cm³/mol. The molecule has 1 aliphatic heterocycles. The number of benzene rings is 2. The second kappa shape index (κ2) is 6.33. The molecule has 1 saturated heterocycles. The third-order valence-electron chi connectivity index (χ3n) is 4.31. The Labute approximate surface area is 150 Å². The lowest BCUT2D eigenvalue weighted by molar-refractivity contribution is -0.117. The molecule has 2 heterocycles. The smallest absolute Gasteiger partial charge is 0.232 e. The van der Waals surface area contributed by atoms with Crippen LogP contribution in [0.5, 0.6) is 0 Å². The molecule has 1 atom stereocenters. The number of halogens is 1. The zero-order valence-electron chi connectivity index (χ0n) is 13.6. The summed E-state index contributed by atoms with van der Waals surface area (Å²) in [6, 6.07) is 15.2. The largest absolute Gasteiger partial charge is 0.339 e. The van der Waals surface area contributed by atoms with Gasteiger partial charge in [0.15, 0.2) is 0 Å². The quantitative estimate of drug-likeness (QED) is 0.707. The molecule has 0 bridgehead atoms. The molecule has 126 valence electrons. The number of aromatic nitrogens is 2. The molecule has 0 saturated carbocycles. The Morgan fingerprint density at radius 3 is 2.84 bits per heavy atom. The first-order valence-electron chi connectivity index (χ1n) is 8.07. The van der Waals surface area contributed by atoms with Crippen LogP contribution in [0, 0.1) is 6.92 Å². The van der Waals surface area contributed by atoms with Gasteiger partial charge in [-0.3, -0.25) is 4.79 Å². The third-order valence-corrected chi connectivity index (χ3v) is 4.55. The number of hydrogen-bond donors (Lipinski definition) is 0. The third kappa shape index (κ3) is 3.15. The molecule has 2 aromatic carbocycles. The lowest BCUT2D eigenvalue weighted by atomic mass is 10.1. The van der Waals surface area contributed by atoms with Gasteiger partial charge in [-0.2, -0.15) is 4.98 Å². The highest BCUT2D eigenvalue weighted by Crippen LogP contribution is 2.32. The standard InChI is InChI=1S/C19H16ClN3O2/c1-12-4-2-5-13(8-12)18-21-19(25-22-18)14-9-17(24)23(11-14)16-7-3-6-15(20)10-16/h2-8,10,14H,9,11H2,1H3. The van der Waals surface area contributed by atoms with Crippen molar-refractivity contribution in [3.05, 3.63) is 65.0 Å². The summed E-state index contributed by atoms with van der Waals surface area (Å²) in [7, 11) is 0. The summed E-state index contributed by atoms with van der Waals surface area (Å²) in [6.45, 7) is 2.53. The summed E-state index contributed by atoms with van der Waals surface area (Å²) in [4.78, 5) is 18.6. The SMILES string of the molecule is Cc1cccc(-c2noc(C3CC(=O)N(c4cccc(Cl)c4)C3)n2)c1. The minimum Gasteiger partial charge on any atom is -0.339 e. The zero-order valence-corrected chi connectivity index (χ0v) is 14.4. The molecule has 5 nitrogen and oxygen atoms in total. The highest BCUT2D eigenvalue weighted by molar-refractivity contribution is 6.30. The first-order chi connectivity index (χ1) is 12.1. The number of carbonyl (C=O) groups excluding carboxylic acids is 1. The van der Waals surface area contributed by atoms with Crippen molar-refractivity contribution in [2.45, 2.75) is 19.3 Å². The zero-order chi connectivity index (χ0) is 17.4. The second-order valence-corrected chi connectivity index (χ2v) is 6.65. The van der Waals surface area contributed by atoms with E-state index in [-0.39, 0.29) is 11.8 Å². The van der Waals surface area contributed by atoms with Gasteiger partial charge in [0.05, 0.1) is 5.92 Å². The summed E-state index contributed by atoms with van der Waals surface area (Å²) in [6.07, 6.45) is 0.349. The van der Waals surface area contributed by atoms with Crippen LogP contribution in [-0.4, -0.2) is 22.6 Å². The molecule has 0 spiro atoms. The molecule has 1 aromatic heterocycles. The van der Waals surface area contributed by atoms with Gasteiger partial charge in [0.25, 0.3) is 0 Å². The van der Waals surface area contributed by atoms with E-state index in [9.17, 15) is 4.79 Å². The van der Waals surface area contributed by atoms with Gasteiger partial charge in [-0.05, 0) is 31.2 Å². The minimum absolute atomic E-state index is 0.0302. The van der Waals surface area contributed by atoms with Gasteiger partial charge < -0.3 is 9.42 Å². The van der Waals surface area contributed by atoms with Crippen LogP contribution >= 0.6 is 11.6 Å². The Kier molecular flexibility index (Phi) is 4.01. The van der Waals surface area contributed by atoms with Gasteiger partial charge in [0.1, 0.15) is 0 Å². The van der Waals surface area contributed by atoms with E-state index >= 15 is 0 Å². The van der Waals surface area contributed by atoms with Crippen molar-refractivity contribution in [1.82, 2.24) is 10.1 Å². The molecule has 1 unspecified atom stereocenters. The van der Waals surface area contributed by atoms with Crippen molar-refractivity contribution in [2.24, 2.45) is 0 Å². The van der Waals surface area contributed by atoms with Crippen LogP contribution in [0.25, 0.3) is 11.4 Å². The van der Waals surface area contributed by atoms with Gasteiger partial charge in [-0.15, -0.1) is 0 Å². The molecule has 6 heteroatoms. The number of nitrogens with zero attached hydrogens (tertiary/aromatic N) is 3. The van der Waals surface area contributed by atoms with Crippen molar-refractivity contribution >= 4 is 23.2 Å². The van der Waals surface area contributed by atoms with Gasteiger partial charge >= 0.3 is 0 Å². The second-order valence-electron chi connectivity index (χ2n) is 6.21. The Morgan fingerprint density at radius 2 is 2.04 bits per heavy atom. The first-order valence-corrected chi connectivity index (χ1v) is 8.44. The molecule has 0 N–H and O–H groups in total. The normalized spacial score (nSPS) is 17.3. The Hall–Kier alpha value is -2.66. The maximum atomic E-state index is 12.4. The fourth-order valence-electron chi connectivity index (χ4n) is 3.07. The number of anilines is 1. The van der Waals surface area contributed by atoms with E-state index in [2.05, 4.69) is 10.1 Å². The molecule has 0 aliphatic carbocycles. The van der Waals surface area contributed by atoms with Crippen molar-refractivity contribution < 1.29 is 9.32 Å². The summed E-state index contributed by atoms with van der Waals surface area (Å²) in [5.41, 5.74) is 2.83. The van der Waals surface area contributed by atoms with Crippen molar-refractivity contribution in [3.63, 3.8) is 0 Å². The van der Waals surface area contributed by atoms with Crippen LogP contribution in [0.4, 0.5) is 5.69 Å². The van der Waals surface area contributed by atoms with E-state index in [0.29, 0.717) is 29.7 Å². The molecule has 1 fully saturated rings. The van der Waals surface area contributed by atoms with E-state index in [1.807, 2.05) is 43.3 Å². The monoisotopic (exact) mass is 353 g/mol. The summed E-state index contributed by atoms with van der Waals surface area (Å²) in [5.74, 6) is 0.960. The highest BCUT2D eigenvalue weighted by Gasteiger charge is 2.35. The first kappa shape index (κ1) is 15.8. The van der Waals surface area contributed by atoms with Crippen LogP contribution in [0.3, 0.4) is 0 Å². The van der Waals surface area contributed by atoms with Crippen LogP contribution in [0.15, 0.2) is 53.1 Å². The van der Waals surface area contributed by atoms with Crippen molar-refractivity contribution in [3.8, 4) is 11.4 Å². The average molecular weight is 354 g/mol. The fourth-order valence-corrected chi connectivity index (χ4v) is 3.25. The number of hydrogen-bond acceptors (Lipinski definition) is 4.